The van der Waals surface area contributed by atoms with Gasteiger partial charge in [0.2, 0.25) is 5.91 Å². The standard InChI is InChI=1S/C28H22N6O2/c35-28(16-2-1-3-16)31-20-8-19(11-29-12-20)17-4-5-24-22(9-17)27(34-33-24)25-10-21-23(18-6-7-36-15-18)13-30-14-26(21)32-25/h4-16,32H,1-3H2,(H,31,35)(H,33,34). The van der Waals surface area contributed by atoms with Crippen LogP contribution in [0.3, 0.4) is 0 Å². The fourth-order valence-corrected chi connectivity index (χ4v) is 4.81. The van der Waals surface area contributed by atoms with Crippen molar-refractivity contribution in [3.05, 3.63) is 73.7 Å². The second kappa shape index (κ2) is 8.20. The third kappa shape index (κ3) is 3.46. The van der Waals surface area contributed by atoms with Crippen LogP contribution < -0.4 is 5.32 Å². The number of benzene rings is 1. The molecule has 36 heavy (non-hydrogen) atoms. The van der Waals surface area contributed by atoms with Crippen molar-refractivity contribution in [1.29, 1.82) is 0 Å². The van der Waals surface area contributed by atoms with Crippen LogP contribution in [-0.4, -0.2) is 31.1 Å². The number of anilines is 1. The van der Waals surface area contributed by atoms with E-state index in [4.69, 9.17) is 4.42 Å². The number of rotatable bonds is 5. The summed E-state index contributed by atoms with van der Waals surface area (Å²) in [5.74, 6) is 0.204. The molecular formula is C28H22N6O2. The zero-order chi connectivity index (χ0) is 24.1. The molecule has 0 atom stereocenters. The summed E-state index contributed by atoms with van der Waals surface area (Å²) in [6, 6.07) is 12.1. The van der Waals surface area contributed by atoms with Gasteiger partial charge in [0.15, 0.2) is 0 Å². The number of carbonyl (C=O) groups is 1. The molecule has 7 rings (SSSR count). The van der Waals surface area contributed by atoms with Crippen molar-refractivity contribution in [3.63, 3.8) is 0 Å². The molecule has 8 nitrogen and oxygen atoms in total. The third-order valence-corrected chi connectivity index (χ3v) is 7.01. The van der Waals surface area contributed by atoms with Crippen molar-refractivity contribution in [3.8, 4) is 33.6 Å². The zero-order valence-corrected chi connectivity index (χ0v) is 19.3. The first-order valence-corrected chi connectivity index (χ1v) is 12.0. The average Bonchev–Trinajstić information content (AvgIpc) is 3.61. The lowest BCUT2D eigenvalue weighted by Crippen LogP contribution is -2.28. The molecule has 0 saturated heterocycles. The number of furan rings is 1. The molecule has 1 saturated carbocycles. The molecule has 1 fully saturated rings. The first-order chi connectivity index (χ1) is 17.7. The summed E-state index contributed by atoms with van der Waals surface area (Å²) in [5.41, 5.74) is 8.19. The second-order valence-corrected chi connectivity index (χ2v) is 9.26. The van der Waals surface area contributed by atoms with Crippen molar-refractivity contribution in [2.75, 3.05) is 5.32 Å². The van der Waals surface area contributed by atoms with E-state index in [0.29, 0.717) is 5.69 Å². The number of hydrogen-bond acceptors (Lipinski definition) is 5. The summed E-state index contributed by atoms with van der Waals surface area (Å²) in [4.78, 5) is 24.6. The van der Waals surface area contributed by atoms with Crippen LogP contribution in [0.5, 0.6) is 0 Å². The molecule has 0 aliphatic heterocycles. The molecule has 6 aromatic rings. The van der Waals surface area contributed by atoms with E-state index in [2.05, 4.69) is 42.6 Å². The Bertz CT molecular complexity index is 1730. The van der Waals surface area contributed by atoms with Gasteiger partial charge in [0.25, 0.3) is 0 Å². The molecule has 0 unspecified atom stereocenters. The summed E-state index contributed by atoms with van der Waals surface area (Å²) >= 11 is 0. The maximum absolute atomic E-state index is 12.4. The molecule has 1 aliphatic rings. The van der Waals surface area contributed by atoms with E-state index in [1.54, 1.807) is 18.7 Å². The first-order valence-electron chi connectivity index (χ1n) is 12.0. The lowest BCUT2D eigenvalue weighted by molar-refractivity contribution is -0.122. The summed E-state index contributed by atoms with van der Waals surface area (Å²) < 4.78 is 5.28. The Morgan fingerprint density at radius 3 is 2.67 bits per heavy atom. The van der Waals surface area contributed by atoms with Crippen LogP contribution in [0.1, 0.15) is 19.3 Å². The molecule has 8 heteroatoms. The fourth-order valence-electron chi connectivity index (χ4n) is 4.81. The summed E-state index contributed by atoms with van der Waals surface area (Å²) in [7, 11) is 0. The molecule has 3 N–H and O–H groups in total. The van der Waals surface area contributed by atoms with Gasteiger partial charge in [-0.1, -0.05) is 12.5 Å². The Morgan fingerprint density at radius 2 is 1.83 bits per heavy atom. The highest BCUT2D eigenvalue weighted by molar-refractivity contribution is 6.01. The van der Waals surface area contributed by atoms with Crippen LogP contribution >= 0.6 is 0 Å². The number of hydrogen-bond donors (Lipinski definition) is 3. The number of fused-ring (bicyclic) bond motifs is 2. The smallest absolute Gasteiger partial charge is 0.227 e. The lowest BCUT2D eigenvalue weighted by atomic mass is 9.85. The van der Waals surface area contributed by atoms with E-state index in [9.17, 15) is 4.79 Å². The average molecular weight is 475 g/mol. The van der Waals surface area contributed by atoms with Crippen LogP contribution in [0.15, 0.2) is 78.1 Å². The fraction of sp³-hybridized carbons (Fsp3) is 0.143. The highest BCUT2D eigenvalue weighted by Gasteiger charge is 2.25. The Morgan fingerprint density at radius 1 is 0.917 bits per heavy atom. The Kier molecular flexibility index (Phi) is 4.70. The van der Waals surface area contributed by atoms with Gasteiger partial charge in [0, 0.05) is 45.8 Å². The monoisotopic (exact) mass is 474 g/mol. The molecular weight excluding hydrogens is 452 g/mol. The van der Waals surface area contributed by atoms with Crippen molar-refractivity contribution in [1.82, 2.24) is 25.1 Å². The number of amides is 1. The van der Waals surface area contributed by atoms with Gasteiger partial charge in [-0.05, 0) is 48.7 Å². The third-order valence-electron chi connectivity index (χ3n) is 7.01. The molecule has 1 aromatic carbocycles. The predicted molar refractivity (Wildman–Crippen MR) is 138 cm³/mol. The predicted octanol–water partition coefficient (Wildman–Crippen LogP) is 6.17. The SMILES string of the molecule is O=C(Nc1cncc(-c2ccc3[nH]nc(-c4cc5c(-c6ccoc6)cncc5[nH]4)c3c2)c1)C1CCC1. The Labute approximate surface area is 205 Å². The van der Waals surface area contributed by atoms with Gasteiger partial charge in [-0.25, -0.2) is 0 Å². The molecule has 176 valence electrons. The summed E-state index contributed by atoms with van der Waals surface area (Å²) in [6.45, 7) is 0. The van der Waals surface area contributed by atoms with E-state index in [1.807, 2.05) is 42.9 Å². The first kappa shape index (κ1) is 20.6. The van der Waals surface area contributed by atoms with Gasteiger partial charge in [-0.15, -0.1) is 0 Å². The van der Waals surface area contributed by atoms with E-state index in [1.165, 1.54) is 0 Å². The van der Waals surface area contributed by atoms with Crippen LogP contribution in [0.2, 0.25) is 0 Å². The normalized spacial score (nSPS) is 13.8. The van der Waals surface area contributed by atoms with E-state index in [-0.39, 0.29) is 11.8 Å². The summed E-state index contributed by atoms with van der Waals surface area (Å²) in [5, 5.41) is 12.8. The summed E-state index contributed by atoms with van der Waals surface area (Å²) in [6.07, 6.45) is 13.6. The van der Waals surface area contributed by atoms with Gasteiger partial charge in [0.1, 0.15) is 5.69 Å². The van der Waals surface area contributed by atoms with Crippen LogP contribution in [0.25, 0.3) is 55.4 Å². The second-order valence-electron chi connectivity index (χ2n) is 9.26. The number of pyridine rings is 2. The zero-order valence-electron chi connectivity index (χ0n) is 19.3. The molecule has 1 amide bonds. The number of H-pyrrole nitrogens is 2. The molecule has 0 spiro atoms. The van der Waals surface area contributed by atoms with Crippen LogP contribution in [0, 0.1) is 5.92 Å². The molecule has 5 heterocycles. The Balaban J connectivity index is 1.26. The minimum Gasteiger partial charge on any atom is -0.472 e. The van der Waals surface area contributed by atoms with E-state index in [0.717, 1.165) is 74.7 Å². The van der Waals surface area contributed by atoms with Crippen molar-refractivity contribution >= 4 is 33.4 Å². The maximum Gasteiger partial charge on any atom is 0.227 e. The molecule has 0 bridgehead atoms. The molecule has 5 aromatic heterocycles. The molecule has 0 radical (unpaired) electrons. The maximum atomic E-state index is 12.4. The number of aromatic amines is 2. The number of nitrogens with one attached hydrogen (secondary N) is 3. The molecule has 1 aliphatic carbocycles. The lowest BCUT2D eigenvalue weighted by Gasteiger charge is -2.24. The van der Waals surface area contributed by atoms with Gasteiger partial charge >= 0.3 is 0 Å². The van der Waals surface area contributed by atoms with E-state index >= 15 is 0 Å². The quantitative estimate of drug-likeness (QED) is 0.277. The largest absolute Gasteiger partial charge is 0.472 e. The number of nitrogens with zero attached hydrogens (tertiary/aromatic N) is 3. The van der Waals surface area contributed by atoms with Crippen LogP contribution in [-0.2, 0) is 4.79 Å². The minimum atomic E-state index is 0.0795. The van der Waals surface area contributed by atoms with Crippen molar-refractivity contribution in [2.24, 2.45) is 5.92 Å². The minimum absolute atomic E-state index is 0.0795. The highest BCUT2D eigenvalue weighted by Crippen LogP contribution is 2.35. The topological polar surface area (TPSA) is 112 Å². The Hall–Kier alpha value is -4.72. The number of carbonyl (C=O) groups excluding carboxylic acids is 1. The van der Waals surface area contributed by atoms with Crippen LogP contribution in [0.4, 0.5) is 5.69 Å². The number of aromatic nitrogens is 5. The van der Waals surface area contributed by atoms with E-state index < -0.39 is 0 Å². The van der Waals surface area contributed by atoms with Gasteiger partial charge in [-0.3, -0.25) is 19.9 Å². The highest BCUT2D eigenvalue weighted by atomic mass is 16.3. The van der Waals surface area contributed by atoms with Gasteiger partial charge in [0.05, 0.1) is 47.3 Å². The van der Waals surface area contributed by atoms with Crippen molar-refractivity contribution < 1.29 is 9.21 Å². The van der Waals surface area contributed by atoms with Gasteiger partial charge in [-0.2, -0.15) is 5.10 Å². The van der Waals surface area contributed by atoms with Crippen molar-refractivity contribution in [2.45, 2.75) is 19.3 Å². The van der Waals surface area contributed by atoms with Gasteiger partial charge < -0.3 is 14.7 Å².